The topological polar surface area (TPSA) is 105 Å². The number of amidine groups is 1. The largest absolute Gasteiger partial charge is 0.409 e. The SMILES string of the molecule is N/C(=N/O)C1(NS(=O)(=O)C2CCCCC2)CCCCC1. The molecule has 7 heteroatoms. The second-order valence-electron chi connectivity index (χ2n) is 6.04. The van der Waals surface area contributed by atoms with Gasteiger partial charge < -0.3 is 10.9 Å². The normalized spacial score (nSPS) is 25.5. The number of hydrogen-bond acceptors (Lipinski definition) is 4. The third-order valence-corrected chi connectivity index (χ3v) is 6.66. The van der Waals surface area contributed by atoms with Crippen LogP contribution in [-0.4, -0.2) is 30.2 Å². The minimum absolute atomic E-state index is 0.00316. The fourth-order valence-electron chi connectivity index (χ4n) is 3.39. The molecule has 0 saturated heterocycles. The molecule has 0 radical (unpaired) electrons. The van der Waals surface area contributed by atoms with Crippen LogP contribution in [0.4, 0.5) is 0 Å². The Bertz CT molecular complexity index is 449. The zero-order chi connectivity index (χ0) is 14.6. The number of nitrogens with one attached hydrogen (secondary N) is 1. The van der Waals surface area contributed by atoms with Crippen molar-refractivity contribution < 1.29 is 13.6 Å². The molecule has 0 aromatic heterocycles. The Balaban J connectivity index is 2.18. The molecule has 2 rings (SSSR count). The first-order valence-corrected chi connectivity index (χ1v) is 9.06. The average molecular weight is 303 g/mol. The van der Waals surface area contributed by atoms with Crippen molar-refractivity contribution in [3.63, 3.8) is 0 Å². The summed E-state index contributed by atoms with van der Waals surface area (Å²) in [6, 6.07) is 0. The number of nitrogens with zero attached hydrogens (tertiary/aromatic N) is 1. The summed E-state index contributed by atoms with van der Waals surface area (Å²) in [5, 5.41) is 11.7. The Labute approximate surface area is 120 Å². The van der Waals surface area contributed by atoms with Gasteiger partial charge in [0.1, 0.15) is 0 Å². The van der Waals surface area contributed by atoms with E-state index in [1.807, 2.05) is 0 Å². The molecule has 0 aliphatic heterocycles. The number of rotatable bonds is 4. The third-order valence-electron chi connectivity index (χ3n) is 4.63. The van der Waals surface area contributed by atoms with Gasteiger partial charge in [-0.3, -0.25) is 0 Å². The van der Waals surface area contributed by atoms with Crippen LogP contribution in [0.1, 0.15) is 64.2 Å². The molecule has 0 bridgehead atoms. The van der Waals surface area contributed by atoms with Gasteiger partial charge in [0.05, 0.1) is 10.8 Å². The first kappa shape index (κ1) is 15.6. The Hall–Kier alpha value is -0.820. The molecule has 0 atom stereocenters. The Morgan fingerprint density at radius 1 is 1.10 bits per heavy atom. The standard InChI is InChI=1S/C13H25N3O3S/c14-12(15-17)13(9-5-2-6-10-13)16-20(18,19)11-7-3-1-4-8-11/h11,16-17H,1-10H2,(H2,14,15). The zero-order valence-electron chi connectivity index (χ0n) is 11.8. The van der Waals surface area contributed by atoms with Gasteiger partial charge in [-0.1, -0.05) is 43.7 Å². The van der Waals surface area contributed by atoms with E-state index in [-0.39, 0.29) is 11.1 Å². The van der Waals surface area contributed by atoms with Crippen molar-refractivity contribution in [2.45, 2.75) is 75.0 Å². The monoisotopic (exact) mass is 303 g/mol. The summed E-state index contributed by atoms with van der Waals surface area (Å²) >= 11 is 0. The molecule has 2 aliphatic carbocycles. The highest BCUT2D eigenvalue weighted by molar-refractivity contribution is 7.90. The van der Waals surface area contributed by atoms with E-state index in [4.69, 9.17) is 10.9 Å². The van der Waals surface area contributed by atoms with E-state index in [1.54, 1.807) is 0 Å². The summed E-state index contributed by atoms with van der Waals surface area (Å²) in [7, 11) is -3.42. The molecule has 0 aromatic carbocycles. The molecule has 2 saturated carbocycles. The lowest BCUT2D eigenvalue weighted by atomic mass is 9.82. The molecule has 0 unspecified atom stereocenters. The summed E-state index contributed by atoms with van der Waals surface area (Å²) < 4.78 is 27.9. The Kier molecular flexibility index (Phi) is 4.90. The molecule has 4 N–H and O–H groups in total. The van der Waals surface area contributed by atoms with Gasteiger partial charge in [-0.05, 0) is 25.7 Å². The quantitative estimate of drug-likeness (QED) is 0.318. The second-order valence-corrected chi connectivity index (χ2v) is 8.00. The van der Waals surface area contributed by atoms with E-state index < -0.39 is 15.6 Å². The highest BCUT2D eigenvalue weighted by Gasteiger charge is 2.42. The summed E-state index contributed by atoms with van der Waals surface area (Å²) in [5.74, 6) is -0.00316. The molecule has 20 heavy (non-hydrogen) atoms. The summed E-state index contributed by atoms with van der Waals surface area (Å²) in [6.45, 7) is 0. The van der Waals surface area contributed by atoms with Crippen LogP contribution < -0.4 is 10.5 Å². The summed E-state index contributed by atoms with van der Waals surface area (Å²) in [5.41, 5.74) is 4.91. The molecular weight excluding hydrogens is 278 g/mol. The molecule has 0 aromatic rings. The minimum Gasteiger partial charge on any atom is -0.409 e. The summed E-state index contributed by atoms with van der Waals surface area (Å²) in [6.07, 6.45) is 8.51. The predicted molar refractivity (Wildman–Crippen MR) is 78.2 cm³/mol. The minimum atomic E-state index is -3.42. The van der Waals surface area contributed by atoms with E-state index in [2.05, 4.69) is 9.88 Å². The lowest BCUT2D eigenvalue weighted by Crippen LogP contribution is -2.60. The van der Waals surface area contributed by atoms with Gasteiger partial charge in [-0.2, -0.15) is 0 Å². The van der Waals surface area contributed by atoms with Gasteiger partial charge in [0, 0.05) is 0 Å². The lowest BCUT2D eigenvalue weighted by Gasteiger charge is -2.38. The van der Waals surface area contributed by atoms with E-state index in [1.165, 1.54) is 0 Å². The highest BCUT2D eigenvalue weighted by Crippen LogP contribution is 2.31. The van der Waals surface area contributed by atoms with Crippen LogP contribution in [0.2, 0.25) is 0 Å². The zero-order valence-corrected chi connectivity index (χ0v) is 12.7. The summed E-state index contributed by atoms with van der Waals surface area (Å²) in [4.78, 5) is 0. The Morgan fingerprint density at radius 3 is 2.20 bits per heavy atom. The van der Waals surface area contributed by atoms with Crippen molar-refractivity contribution >= 4 is 15.9 Å². The van der Waals surface area contributed by atoms with Crippen LogP contribution in [0.15, 0.2) is 5.16 Å². The van der Waals surface area contributed by atoms with Crippen LogP contribution in [0.25, 0.3) is 0 Å². The van der Waals surface area contributed by atoms with Crippen molar-refractivity contribution in [2.75, 3.05) is 0 Å². The smallest absolute Gasteiger partial charge is 0.215 e. The number of hydrogen-bond donors (Lipinski definition) is 3. The van der Waals surface area contributed by atoms with E-state index >= 15 is 0 Å². The molecule has 6 nitrogen and oxygen atoms in total. The van der Waals surface area contributed by atoms with Crippen molar-refractivity contribution in [3.05, 3.63) is 0 Å². The maximum atomic E-state index is 12.6. The van der Waals surface area contributed by atoms with Gasteiger partial charge in [-0.15, -0.1) is 0 Å². The first-order chi connectivity index (χ1) is 9.50. The fourth-order valence-corrected chi connectivity index (χ4v) is 5.37. The lowest BCUT2D eigenvalue weighted by molar-refractivity contribution is 0.293. The number of sulfonamides is 1. The van der Waals surface area contributed by atoms with Crippen molar-refractivity contribution in [1.29, 1.82) is 0 Å². The average Bonchev–Trinajstić information content (AvgIpc) is 2.48. The molecule has 2 aliphatic rings. The highest BCUT2D eigenvalue weighted by atomic mass is 32.2. The van der Waals surface area contributed by atoms with Crippen LogP contribution >= 0.6 is 0 Å². The second kappa shape index (κ2) is 6.30. The van der Waals surface area contributed by atoms with Crippen LogP contribution in [0.3, 0.4) is 0 Å². The van der Waals surface area contributed by atoms with Gasteiger partial charge in [0.2, 0.25) is 10.0 Å². The van der Waals surface area contributed by atoms with Crippen molar-refractivity contribution in [2.24, 2.45) is 10.9 Å². The molecule has 0 amide bonds. The van der Waals surface area contributed by atoms with E-state index in [0.29, 0.717) is 25.7 Å². The Morgan fingerprint density at radius 2 is 1.65 bits per heavy atom. The molecular formula is C13H25N3O3S. The van der Waals surface area contributed by atoms with Gasteiger partial charge in [-0.25, -0.2) is 13.1 Å². The van der Waals surface area contributed by atoms with Crippen LogP contribution in [0, 0.1) is 0 Å². The molecule has 116 valence electrons. The van der Waals surface area contributed by atoms with Crippen LogP contribution in [0.5, 0.6) is 0 Å². The first-order valence-electron chi connectivity index (χ1n) is 7.51. The van der Waals surface area contributed by atoms with E-state index in [9.17, 15) is 8.42 Å². The molecule has 0 spiro atoms. The van der Waals surface area contributed by atoms with Crippen LogP contribution in [-0.2, 0) is 10.0 Å². The van der Waals surface area contributed by atoms with Gasteiger partial charge >= 0.3 is 0 Å². The van der Waals surface area contributed by atoms with Crippen molar-refractivity contribution in [1.82, 2.24) is 4.72 Å². The predicted octanol–water partition coefficient (Wildman–Crippen LogP) is 1.69. The van der Waals surface area contributed by atoms with Crippen molar-refractivity contribution in [3.8, 4) is 0 Å². The fraction of sp³-hybridized carbons (Fsp3) is 0.923. The molecule has 2 fully saturated rings. The van der Waals surface area contributed by atoms with Gasteiger partial charge in [0.25, 0.3) is 0 Å². The maximum Gasteiger partial charge on any atom is 0.215 e. The maximum absolute atomic E-state index is 12.6. The van der Waals surface area contributed by atoms with E-state index in [0.717, 1.165) is 38.5 Å². The third kappa shape index (κ3) is 3.25. The number of nitrogens with two attached hydrogens (primary N) is 1. The molecule has 0 heterocycles. The van der Waals surface area contributed by atoms with Gasteiger partial charge in [0.15, 0.2) is 5.84 Å². The number of oxime groups is 1.